The molecule has 0 N–H and O–H groups in total. The van der Waals surface area contributed by atoms with E-state index in [-0.39, 0.29) is 6.79 Å². The van der Waals surface area contributed by atoms with E-state index >= 15 is 0 Å². The van der Waals surface area contributed by atoms with Gasteiger partial charge < -0.3 is 18.3 Å². The second-order valence-electron chi connectivity index (χ2n) is 4.67. The highest BCUT2D eigenvalue weighted by molar-refractivity contribution is 7.98. The number of hydrogen-bond donors (Lipinski definition) is 0. The smallest absolute Gasteiger partial charge is 0.277 e. The molecule has 4 rings (SSSR count). The van der Waals surface area contributed by atoms with Crippen molar-refractivity contribution in [3.8, 4) is 23.0 Å². The van der Waals surface area contributed by atoms with Gasteiger partial charge in [0, 0.05) is 12.0 Å². The molecule has 2 aromatic heterocycles. The molecule has 0 bridgehead atoms. The van der Waals surface area contributed by atoms with E-state index in [1.54, 1.807) is 0 Å². The van der Waals surface area contributed by atoms with E-state index in [0.717, 1.165) is 5.56 Å². The van der Waals surface area contributed by atoms with Crippen molar-refractivity contribution in [2.75, 3.05) is 6.79 Å². The van der Waals surface area contributed by atoms with Gasteiger partial charge in [0.25, 0.3) is 5.22 Å². The van der Waals surface area contributed by atoms with Crippen LogP contribution in [0.5, 0.6) is 11.5 Å². The third-order valence-corrected chi connectivity index (χ3v) is 3.96. The first kappa shape index (κ1) is 14.1. The number of fused-ring (bicyclic) bond motifs is 1. The van der Waals surface area contributed by atoms with Gasteiger partial charge in [-0.1, -0.05) is 18.7 Å². The van der Waals surface area contributed by atoms with Gasteiger partial charge in [-0.05, 0) is 18.2 Å². The predicted molar refractivity (Wildman–Crippen MR) is 79.1 cm³/mol. The van der Waals surface area contributed by atoms with Gasteiger partial charge in [-0.2, -0.15) is 0 Å². The molecule has 1 aliphatic heterocycles. The fourth-order valence-electron chi connectivity index (χ4n) is 2.03. The maximum absolute atomic E-state index is 5.64. The fourth-order valence-corrected chi connectivity index (χ4v) is 2.63. The van der Waals surface area contributed by atoms with Gasteiger partial charge in [-0.3, -0.25) is 0 Å². The molecule has 0 aliphatic carbocycles. The third-order valence-electron chi connectivity index (χ3n) is 3.16. The lowest BCUT2D eigenvalue weighted by Crippen LogP contribution is -1.92. The highest BCUT2D eigenvalue weighted by atomic mass is 32.2. The van der Waals surface area contributed by atoms with Gasteiger partial charge in [0.05, 0.1) is 5.75 Å². The molecule has 0 unspecified atom stereocenters. The Balaban J connectivity index is 1.46. The Morgan fingerprint density at radius 2 is 1.87 bits per heavy atom. The first-order valence-corrected chi connectivity index (χ1v) is 7.98. The highest BCUT2D eigenvalue weighted by Crippen LogP contribution is 2.36. The number of benzene rings is 1. The summed E-state index contributed by atoms with van der Waals surface area (Å²) < 4.78 is 21.7. The van der Waals surface area contributed by atoms with Gasteiger partial charge in [-0.15, -0.1) is 20.4 Å². The molecule has 0 spiro atoms. The number of ether oxygens (including phenoxy) is 2. The minimum Gasteiger partial charge on any atom is -0.454 e. The van der Waals surface area contributed by atoms with Crippen LogP contribution in [0, 0.1) is 0 Å². The lowest BCUT2D eigenvalue weighted by Gasteiger charge is -1.97. The molecule has 3 aromatic rings. The van der Waals surface area contributed by atoms with Crippen LogP contribution < -0.4 is 9.47 Å². The van der Waals surface area contributed by atoms with E-state index in [2.05, 4.69) is 20.4 Å². The minimum atomic E-state index is 0.230. The summed E-state index contributed by atoms with van der Waals surface area (Å²) >= 11 is 1.35. The van der Waals surface area contributed by atoms with Crippen molar-refractivity contribution in [3.05, 3.63) is 30.0 Å². The Morgan fingerprint density at radius 1 is 1.00 bits per heavy atom. The number of aryl methyl sites for hydroxylation is 1. The van der Waals surface area contributed by atoms with E-state index in [9.17, 15) is 0 Å². The quantitative estimate of drug-likeness (QED) is 0.653. The lowest BCUT2D eigenvalue weighted by atomic mass is 10.2. The molecule has 3 heterocycles. The molecule has 0 atom stereocenters. The van der Waals surface area contributed by atoms with Gasteiger partial charge in [0.2, 0.25) is 24.5 Å². The molecule has 0 fully saturated rings. The summed E-state index contributed by atoms with van der Waals surface area (Å²) in [5, 5.41) is 16.4. The number of nitrogens with zero attached hydrogens (tertiary/aromatic N) is 4. The van der Waals surface area contributed by atoms with Crippen LogP contribution in [0.4, 0.5) is 0 Å². The maximum Gasteiger partial charge on any atom is 0.277 e. The van der Waals surface area contributed by atoms with E-state index in [1.807, 2.05) is 25.1 Å². The van der Waals surface area contributed by atoms with Crippen LogP contribution >= 0.6 is 11.8 Å². The SMILES string of the molecule is CCc1nnc(CSc2nnc(-c3ccc4c(c3)OCO4)o2)o1. The van der Waals surface area contributed by atoms with Crippen molar-refractivity contribution >= 4 is 11.8 Å². The fraction of sp³-hybridized carbons (Fsp3) is 0.286. The van der Waals surface area contributed by atoms with Crippen molar-refractivity contribution in [2.24, 2.45) is 0 Å². The largest absolute Gasteiger partial charge is 0.454 e. The summed E-state index contributed by atoms with van der Waals surface area (Å²) in [6, 6.07) is 5.48. The first-order chi connectivity index (χ1) is 11.3. The Kier molecular flexibility index (Phi) is 3.62. The van der Waals surface area contributed by atoms with Crippen LogP contribution in [0.25, 0.3) is 11.5 Å². The number of rotatable bonds is 5. The molecule has 118 valence electrons. The Bertz CT molecular complexity index is 832. The van der Waals surface area contributed by atoms with Crippen molar-refractivity contribution in [3.63, 3.8) is 0 Å². The molecule has 0 radical (unpaired) electrons. The summed E-state index contributed by atoms with van der Waals surface area (Å²) in [6.45, 7) is 2.19. The topological polar surface area (TPSA) is 96.3 Å². The maximum atomic E-state index is 5.64. The Hall–Kier alpha value is -2.55. The van der Waals surface area contributed by atoms with Crippen molar-refractivity contribution in [1.29, 1.82) is 0 Å². The standard InChI is InChI=1S/C14H12N4O4S/c1-2-11-15-16-12(21-11)6-23-14-18-17-13(22-14)8-3-4-9-10(5-8)20-7-19-9/h3-5H,2,6-7H2,1H3. The van der Waals surface area contributed by atoms with E-state index < -0.39 is 0 Å². The van der Waals surface area contributed by atoms with Crippen molar-refractivity contribution in [2.45, 2.75) is 24.3 Å². The average molecular weight is 332 g/mol. The first-order valence-electron chi connectivity index (χ1n) is 6.99. The monoisotopic (exact) mass is 332 g/mol. The normalized spacial score (nSPS) is 12.7. The lowest BCUT2D eigenvalue weighted by molar-refractivity contribution is 0.174. The zero-order valence-electron chi connectivity index (χ0n) is 12.2. The van der Waals surface area contributed by atoms with Crippen molar-refractivity contribution < 1.29 is 18.3 Å². The average Bonchev–Trinajstić information content (AvgIpc) is 3.31. The molecule has 8 nitrogen and oxygen atoms in total. The molecule has 9 heteroatoms. The van der Waals surface area contributed by atoms with E-state index in [4.69, 9.17) is 18.3 Å². The Morgan fingerprint density at radius 3 is 2.74 bits per heavy atom. The molecule has 1 aliphatic rings. The van der Waals surface area contributed by atoms with Gasteiger partial charge >= 0.3 is 0 Å². The van der Waals surface area contributed by atoms with E-state index in [0.29, 0.717) is 46.6 Å². The van der Waals surface area contributed by atoms with Crippen LogP contribution in [0.3, 0.4) is 0 Å². The summed E-state index contributed by atoms with van der Waals surface area (Å²) in [7, 11) is 0. The molecule has 0 saturated heterocycles. The second-order valence-corrected chi connectivity index (χ2v) is 5.60. The van der Waals surface area contributed by atoms with Crippen molar-refractivity contribution in [1.82, 2.24) is 20.4 Å². The van der Waals surface area contributed by atoms with Gasteiger partial charge in [0.1, 0.15) is 0 Å². The molecule has 0 amide bonds. The van der Waals surface area contributed by atoms with Gasteiger partial charge in [0.15, 0.2) is 11.5 Å². The highest BCUT2D eigenvalue weighted by Gasteiger charge is 2.17. The summed E-state index contributed by atoms with van der Waals surface area (Å²) in [6.07, 6.45) is 0.715. The number of hydrogen-bond acceptors (Lipinski definition) is 9. The van der Waals surface area contributed by atoms with Crippen LogP contribution in [0.2, 0.25) is 0 Å². The van der Waals surface area contributed by atoms with Crippen LogP contribution in [0.1, 0.15) is 18.7 Å². The zero-order chi connectivity index (χ0) is 15.6. The molecule has 23 heavy (non-hydrogen) atoms. The Labute approximate surface area is 135 Å². The number of thioether (sulfide) groups is 1. The summed E-state index contributed by atoms with van der Waals surface area (Å²) in [5.41, 5.74) is 0.777. The van der Waals surface area contributed by atoms with Crippen LogP contribution in [-0.4, -0.2) is 27.2 Å². The molecule has 1 aromatic carbocycles. The van der Waals surface area contributed by atoms with Crippen LogP contribution in [-0.2, 0) is 12.2 Å². The number of aromatic nitrogens is 4. The predicted octanol–water partition coefficient (Wildman–Crippen LogP) is 2.70. The molecule has 0 saturated carbocycles. The second kappa shape index (κ2) is 5.92. The summed E-state index contributed by atoms with van der Waals surface area (Å²) in [4.78, 5) is 0. The minimum absolute atomic E-state index is 0.230. The summed E-state index contributed by atoms with van der Waals surface area (Å²) in [5.74, 6) is 3.45. The van der Waals surface area contributed by atoms with Crippen LogP contribution in [0.15, 0.2) is 32.3 Å². The van der Waals surface area contributed by atoms with E-state index in [1.165, 1.54) is 11.8 Å². The third kappa shape index (κ3) is 2.87. The van der Waals surface area contributed by atoms with Gasteiger partial charge in [-0.25, -0.2) is 0 Å². The zero-order valence-corrected chi connectivity index (χ0v) is 13.0. The molecular weight excluding hydrogens is 320 g/mol. The molecular formula is C14H12N4O4S.